The van der Waals surface area contributed by atoms with Crippen LogP contribution in [0.15, 0.2) is 30.5 Å². The van der Waals surface area contributed by atoms with E-state index >= 15 is 0 Å². The van der Waals surface area contributed by atoms with E-state index in [-0.39, 0.29) is 12.6 Å². The van der Waals surface area contributed by atoms with E-state index in [9.17, 15) is 5.11 Å². The second-order valence-electron chi connectivity index (χ2n) is 5.27. The summed E-state index contributed by atoms with van der Waals surface area (Å²) in [7, 11) is 0. The molecule has 0 aliphatic carbocycles. The van der Waals surface area contributed by atoms with Crippen molar-refractivity contribution in [2.45, 2.75) is 39.8 Å². The second-order valence-corrected chi connectivity index (χ2v) is 5.68. The maximum absolute atomic E-state index is 9.35. The summed E-state index contributed by atoms with van der Waals surface area (Å²) in [6.07, 6.45) is 2.72. The van der Waals surface area contributed by atoms with Crippen LogP contribution in [0.1, 0.15) is 41.6 Å². The van der Waals surface area contributed by atoms with Crippen molar-refractivity contribution in [1.29, 1.82) is 0 Å². The molecule has 0 bridgehead atoms. The first-order valence-electron chi connectivity index (χ1n) is 7.14. The lowest BCUT2D eigenvalue weighted by Gasteiger charge is -2.19. The average Bonchev–Trinajstić information content (AvgIpc) is 2.49. The normalized spacial score (nSPS) is 12.2. The third-order valence-electron chi connectivity index (χ3n) is 3.70. The molecule has 1 atom stereocenters. The van der Waals surface area contributed by atoms with Crippen LogP contribution in [0.5, 0.6) is 0 Å². The number of hydrogen-bond acceptors (Lipinski definition) is 3. The number of nitrogens with one attached hydrogen (secondary N) is 1. The van der Waals surface area contributed by atoms with E-state index in [1.165, 1.54) is 5.56 Å². The van der Waals surface area contributed by atoms with E-state index in [1.54, 1.807) is 6.20 Å². The van der Waals surface area contributed by atoms with Gasteiger partial charge >= 0.3 is 0 Å². The summed E-state index contributed by atoms with van der Waals surface area (Å²) in [5.74, 6) is 0.782. The number of benzene rings is 1. The van der Waals surface area contributed by atoms with Gasteiger partial charge in [0.05, 0.1) is 12.6 Å². The van der Waals surface area contributed by atoms with Gasteiger partial charge in [-0.1, -0.05) is 30.7 Å². The highest BCUT2D eigenvalue weighted by molar-refractivity contribution is 6.31. The number of nitrogens with zero attached hydrogens (tertiary/aromatic N) is 1. The van der Waals surface area contributed by atoms with Crippen molar-refractivity contribution < 1.29 is 5.11 Å². The molecule has 0 saturated heterocycles. The van der Waals surface area contributed by atoms with Gasteiger partial charge in [-0.05, 0) is 54.7 Å². The summed E-state index contributed by atoms with van der Waals surface area (Å²) in [4.78, 5) is 4.39. The number of pyridine rings is 1. The molecule has 0 saturated carbocycles. The quantitative estimate of drug-likeness (QED) is 0.860. The lowest BCUT2D eigenvalue weighted by molar-refractivity contribution is 0.281. The van der Waals surface area contributed by atoms with Crippen molar-refractivity contribution in [2.75, 3.05) is 5.32 Å². The molecule has 0 fully saturated rings. The molecule has 2 aromatic rings. The summed E-state index contributed by atoms with van der Waals surface area (Å²) in [5.41, 5.74) is 4.16. The zero-order valence-corrected chi connectivity index (χ0v) is 13.4. The van der Waals surface area contributed by atoms with Gasteiger partial charge in [0.1, 0.15) is 5.82 Å². The Hall–Kier alpha value is -1.58. The third kappa shape index (κ3) is 3.74. The van der Waals surface area contributed by atoms with Crippen molar-refractivity contribution in [1.82, 2.24) is 4.98 Å². The Morgan fingerprint density at radius 3 is 2.62 bits per heavy atom. The lowest BCUT2D eigenvalue weighted by Crippen LogP contribution is -2.11. The van der Waals surface area contributed by atoms with Gasteiger partial charge in [-0.3, -0.25) is 0 Å². The van der Waals surface area contributed by atoms with Crippen molar-refractivity contribution >= 4 is 17.4 Å². The molecule has 21 heavy (non-hydrogen) atoms. The smallest absolute Gasteiger partial charge is 0.126 e. The van der Waals surface area contributed by atoms with Crippen molar-refractivity contribution in [3.8, 4) is 0 Å². The molecule has 0 radical (unpaired) electrons. The van der Waals surface area contributed by atoms with Crippen LogP contribution < -0.4 is 5.32 Å². The maximum Gasteiger partial charge on any atom is 0.126 e. The fourth-order valence-electron chi connectivity index (χ4n) is 2.30. The van der Waals surface area contributed by atoms with Crippen LogP contribution in [0.25, 0.3) is 0 Å². The second kappa shape index (κ2) is 6.92. The van der Waals surface area contributed by atoms with E-state index in [0.29, 0.717) is 0 Å². The Morgan fingerprint density at radius 1 is 1.24 bits per heavy atom. The number of aromatic nitrogens is 1. The van der Waals surface area contributed by atoms with E-state index in [0.717, 1.165) is 34.0 Å². The van der Waals surface area contributed by atoms with E-state index in [4.69, 9.17) is 11.6 Å². The maximum atomic E-state index is 9.35. The molecule has 4 heteroatoms. The predicted molar refractivity (Wildman–Crippen MR) is 87.7 cm³/mol. The highest BCUT2D eigenvalue weighted by Gasteiger charge is 2.11. The molecular formula is C17H21ClN2O. The minimum Gasteiger partial charge on any atom is -0.392 e. The van der Waals surface area contributed by atoms with Gasteiger partial charge in [0, 0.05) is 11.2 Å². The number of anilines is 1. The minimum absolute atomic E-state index is 0.0277. The summed E-state index contributed by atoms with van der Waals surface area (Å²) in [6, 6.07) is 8.14. The molecule has 1 aromatic carbocycles. The van der Waals surface area contributed by atoms with Gasteiger partial charge in [0.2, 0.25) is 0 Å². The Morgan fingerprint density at radius 2 is 2.00 bits per heavy atom. The van der Waals surface area contributed by atoms with Gasteiger partial charge in [0.15, 0.2) is 0 Å². The number of hydrogen-bond donors (Lipinski definition) is 2. The standard InChI is InChI=1S/C17H21ClN2O/c1-4-16(13-5-6-15(18)11(2)7-13)20-17-8-14(10-21)12(3)9-19-17/h5-9,16,21H,4,10H2,1-3H3,(H,19,20). The summed E-state index contributed by atoms with van der Waals surface area (Å²) < 4.78 is 0. The fraction of sp³-hybridized carbons (Fsp3) is 0.353. The molecule has 0 amide bonds. The van der Waals surface area contributed by atoms with Crippen LogP contribution in [0, 0.1) is 13.8 Å². The number of aryl methyl sites for hydroxylation is 2. The Kier molecular flexibility index (Phi) is 5.21. The van der Waals surface area contributed by atoms with Crippen LogP contribution in [0.3, 0.4) is 0 Å². The predicted octanol–water partition coefficient (Wildman–Crippen LogP) is 4.41. The van der Waals surface area contributed by atoms with E-state index in [2.05, 4.69) is 23.3 Å². The lowest BCUT2D eigenvalue weighted by atomic mass is 10.0. The van der Waals surface area contributed by atoms with Crippen LogP contribution in [0.2, 0.25) is 5.02 Å². The number of aliphatic hydroxyl groups is 1. The van der Waals surface area contributed by atoms with Crippen LogP contribution in [-0.2, 0) is 6.61 Å². The number of rotatable bonds is 5. The van der Waals surface area contributed by atoms with E-state index < -0.39 is 0 Å². The molecule has 1 unspecified atom stereocenters. The molecule has 3 nitrogen and oxygen atoms in total. The van der Waals surface area contributed by atoms with Crippen molar-refractivity contribution in [3.63, 3.8) is 0 Å². The number of halogens is 1. The topological polar surface area (TPSA) is 45.1 Å². The molecule has 1 heterocycles. The summed E-state index contributed by atoms with van der Waals surface area (Å²) >= 11 is 6.09. The number of aliphatic hydroxyl groups excluding tert-OH is 1. The van der Waals surface area contributed by atoms with Gasteiger partial charge in [-0.15, -0.1) is 0 Å². The first-order valence-corrected chi connectivity index (χ1v) is 7.52. The fourth-order valence-corrected chi connectivity index (χ4v) is 2.42. The van der Waals surface area contributed by atoms with Gasteiger partial charge in [-0.2, -0.15) is 0 Å². The van der Waals surface area contributed by atoms with E-state index in [1.807, 2.05) is 32.0 Å². The molecule has 0 aliphatic heterocycles. The molecule has 112 valence electrons. The molecular weight excluding hydrogens is 284 g/mol. The van der Waals surface area contributed by atoms with Gasteiger partial charge in [0.25, 0.3) is 0 Å². The van der Waals surface area contributed by atoms with Crippen LogP contribution in [0.4, 0.5) is 5.82 Å². The zero-order chi connectivity index (χ0) is 15.4. The first-order chi connectivity index (χ1) is 10.0. The molecule has 0 aliphatic rings. The first kappa shape index (κ1) is 15.8. The van der Waals surface area contributed by atoms with Crippen LogP contribution in [-0.4, -0.2) is 10.1 Å². The largest absolute Gasteiger partial charge is 0.392 e. The van der Waals surface area contributed by atoms with Gasteiger partial charge < -0.3 is 10.4 Å². The Bertz CT molecular complexity index is 628. The zero-order valence-electron chi connectivity index (χ0n) is 12.7. The molecule has 2 N–H and O–H groups in total. The van der Waals surface area contributed by atoms with Gasteiger partial charge in [-0.25, -0.2) is 4.98 Å². The average molecular weight is 305 g/mol. The third-order valence-corrected chi connectivity index (χ3v) is 4.12. The highest BCUT2D eigenvalue weighted by atomic mass is 35.5. The molecule has 0 spiro atoms. The van der Waals surface area contributed by atoms with Crippen molar-refractivity contribution in [2.24, 2.45) is 0 Å². The minimum atomic E-state index is 0.0277. The summed E-state index contributed by atoms with van der Waals surface area (Å²) in [5, 5.41) is 13.6. The van der Waals surface area contributed by atoms with Crippen molar-refractivity contribution in [3.05, 3.63) is 57.7 Å². The van der Waals surface area contributed by atoms with Crippen LogP contribution >= 0.6 is 11.6 Å². The summed E-state index contributed by atoms with van der Waals surface area (Å²) in [6.45, 7) is 6.11. The molecule has 2 rings (SSSR count). The Labute approximate surface area is 131 Å². The SMILES string of the molecule is CCC(Nc1cc(CO)c(C)cn1)c1ccc(Cl)c(C)c1. The highest BCUT2D eigenvalue weighted by Crippen LogP contribution is 2.26. The molecule has 1 aromatic heterocycles. The monoisotopic (exact) mass is 304 g/mol. The Balaban J connectivity index is 2.24.